The Labute approximate surface area is 129 Å². The summed E-state index contributed by atoms with van der Waals surface area (Å²) in [7, 11) is 0. The van der Waals surface area contributed by atoms with Gasteiger partial charge in [0.15, 0.2) is 0 Å². The average molecular weight is 293 g/mol. The fraction of sp³-hybridized carbons (Fsp3) is 0.353. The monoisotopic (exact) mass is 293 g/mol. The summed E-state index contributed by atoms with van der Waals surface area (Å²) >= 11 is 0. The zero-order valence-electron chi connectivity index (χ0n) is 12.7. The number of imidazole rings is 1. The quantitative estimate of drug-likeness (QED) is 0.728. The SMILES string of the molecule is Cc1nc2ccccn2c1-c1ccnc(N2CCCCC2)n1. The second kappa shape index (κ2) is 5.40. The molecule has 3 aromatic rings. The first kappa shape index (κ1) is 13.2. The van der Waals surface area contributed by atoms with Gasteiger partial charge in [0, 0.05) is 25.5 Å². The summed E-state index contributed by atoms with van der Waals surface area (Å²) in [5.74, 6) is 0.836. The molecule has 0 bridgehead atoms. The van der Waals surface area contributed by atoms with Gasteiger partial charge in [-0.15, -0.1) is 0 Å². The summed E-state index contributed by atoms with van der Waals surface area (Å²) in [6.07, 6.45) is 7.65. The van der Waals surface area contributed by atoms with Crippen LogP contribution in [0.4, 0.5) is 5.95 Å². The summed E-state index contributed by atoms with van der Waals surface area (Å²) < 4.78 is 2.09. The molecule has 1 saturated heterocycles. The first-order valence-electron chi connectivity index (χ1n) is 7.85. The third-order valence-corrected chi connectivity index (χ3v) is 4.23. The lowest BCUT2D eigenvalue weighted by atomic mass is 10.1. The van der Waals surface area contributed by atoms with Gasteiger partial charge in [0.05, 0.1) is 17.1 Å². The summed E-state index contributed by atoms with van der Waals surface area (Å²) in [4.78, 5) is 16.2. The van der Waals surface area contributed by atoms with Crippen molar-refractivity contribution in [2.45, 2.75) is 26.2 Å². The molecule has 0 spiro atoms. The third-order valence-electron chi connectivity index (χ3n) is 4.23. The Hall–Kier alpha value is -2.43. The van der Waals surface area contributed by atoms with Gasteiger partial charge < -0.3 is 4.90 Å². The van der Waals surface area contributed by atoms with Crippen LogP contribution in [0, 0.1) is 6.92 Å². The van der Waals surface area contributed by atoms with E-state index in [1.807, 2.05) is 43.6 Å². The predicted molar refractivity (Wildman–Crippen MR) is 87.0 cm³/mol. The molecule has 22 heavy (non-hydrogen) atoms. The van der Waals surface area contributed by atoms with E-state index in [4.69, 9.17) is 4.98 Å². The molecule has 0 amide bonds. The first-order valence-corrected chi connectivity index (χ1v) is 7.85. The molecule has 5 nitrogen and oxygen atoms in total. The summed E-state index contributed by atoms with van der Waals surface area (Å²) in [5, 5.41) is 0. The number of piperidine rings is 1. The standard InChI is InChI=1S/C17H19N5/c1-13-16(22-12-6-3-7-15(22)19-13)14-8-9-18-17(20-14)21-10-4-2-5-11-21/h3,6-9,12H,2,4-5,10-11H2,1H3. The van der Waals surface area contributed by atoms with Crippen molar-refractivity contribution in [3.05, 3.63) is 42.4 Å². The van der Waals surface area contributed by atoms with Gasteiger partial charge in [-0.25, -0.2) is 15.0 Å². The van der Waals surface area contributed by atoms with E-state index in [0.717, 1.165) is 41.8 Å². The second-order valence-corrected chi connectivity index (χ2v) is 5.76. The van der Waals surface area contributed by atoms with Crippen LogP contribution < -0.4 is 4.90 Å². The molecule has 0 aliphatic carbocycles. The van der Waals surface area contributed by atoms with E-state index < -0.39 is 0 Å². The molecule has 0 N–H and O–H groups in total. The molecule has 1 aliphatic rings. The normalized spacial score (nSPS) is 15.4. The lowest BCUT2D eigenvalue weighted by Gasteiger charge is -2.26. The maximum atomic E-state index is 4.80. The van der Waals surface area contributed by atoms with Crippen LogP contribution in [-0.2, 0) is 0 Å². The minimum atomic E-state index is 0.836. The number of fused-ring (bicyclic) bond motifs is 1. The van der Waals surface area contributed by atoms with Crippen molar-refractivity contribution >= 4 is 11.6 Å². The lowest BCUT2D eigenvalue weighted by Crippen LogP contribution is -2.31. The van der Waals surface area contributed by atoms with Crippen molar-refractivity contribution in [3.63, 3.8) is 0 Å². The molecule has 1 aliphatic heterocycles. The number of pyridine rings is 1. The Bertz CT molecular complexity index is 802. The number of rotatable bonds is 2. The van der Waals surface area contributed by atoms with Gasteiger partial charge in [0.2, 0.25) is 5.95 Å². The molecule has 3 aromatic heterocycles. The first-order chi connectivity index (χ1) is 10.8. The van der Waals surface area contributed by atoms with Crippen molar-refractivity contribution in [2.24, 2.45) is 0 Å². The van der Waals surface area contributed by atoms with Crippen LogP contribution in [0.2, 0.25) is 0 Å². The van der Waals surface area contributed by atoms with Crippen molar-refractivity contribution in [2.75, 3.05) is 18.0 Å². The van der Waals surface area contributed by atoms with E-state index in [1.54, 1.807) is 0 Å². The number of anilines is 1. The largest absolute Gasteiger partial charge is 0.341 e. The molecule has 4 rings (SSSR count). The molecule has 1 fully saturated rings. The van der Waals surface area contributed by atoms with E-state index in [1.165, 1.54) is 19.3 Å². The Morgan fingerprint density at radius 2 is 1.86 bits per heavy atom. The van der Waals surface area contributed by atoms with Crippen molar-refractivity contribution in [3.8, 4) is 11.4 Å². The molecular weight excluding hydrogens is 274 g/mol. The van der Waals surface area contributed by atoms with Crippen LogP contribution in [0.15, 0.2) is 36.7 Å². The summed E-state index contributed by atoms with van der Waals surface area (Å²) in [6, 6.07) is 8.01. The summed E-state index contributed by atoms with van der Waals surface area (Å²) in [5.41, 5.74) is 3.94. The fourth-order valence-electron chi connectivity index (χ4n) is 3.15. The molecule has 112 valence electrons. The lowest BCUT2D eigenvalue weighted by molar-refractivity contribution is 0.568. The second-order valence-electron chi connectivity index (χ2n) is 5.76. The Morgan fingerprint density at radius 3 is 2.73 bits per heavy atom. The van der Waals surface area contributed by atoms with Gasteiger partial charge in [-0.2, -0.15) is 0 Å². The van der Waals surface area contributed by atoms with Gasteiger partial charge in [-0.05, 0) is 44.4 Å². The minimum Gasteiger partial charge on any atom is -0.341 e. The Balaban J connectivity index is 1.80. The highest BCUT2D eigenvalue weighted by Gasteiger charge is 2.16. The van der Waals surface area contributed by atoms with Gasteiger partial charge in [0.1, 0.15) is 5.65 Å². The van der Waals surface area contributed by atoms with Crippen molar-refractivity contribution in [1.82, 2.24) is 19.4 Å². The number of aromatic nitrogens is 4. The van der Waals surface area contributed by atoms with E-state index >= 15 is 0 Å². The van der Waals surface area contributed by atoms with Crippen LogP contribution in [0.5, 0.6) is 0 Å². The fourth-order valence-corrected chi connectivity index (χ4v) is 3.15. The number of nitrogens with zero attached hydrogens (tertiary/aromatic N) is 5. The molecule has 0 aromatic carbocycles. The highest BCUT2D eigenvalue weighted by atomic mass is 15.3. The number of hydrogen-bond donors (Lipinski definition) is 0. The van der Waals surface area contributed by atoms with Gasteiger partial charge in [-0.1, -0.05) is 6.07 Å². The molecule has 0 atom stereocenters. The smallest absolute Gasteiger partial charge is 0.225 e. The Morgan fingerprint density at radius 1 is 1.00 bits per heavy atom. The predicted octanol–water partition coefficient (Wildman–Crippen LogP) is 3.09. The maximum Gasteiger partial charge on any atom is 0.225 e. The Kier molecular flexibility index (Phi) is 3.25. The van der Waals surface area contributed by atoms with E-state index in [9.17, 15) is 0 Å². The van der Waals surface area contributed by atoms with Gasteiger partial charge in [0.25, 0.3) is 0 Å². The molecule has 0 unspecified atom stereocenters. The van der Waals surface area contributed by atoms with Crippen LogP contribution in [0.25, 0.3) is 17.0 Å². The molecule has 4 heterocycles. The number of hydrogen-bond acceptors (Lipinski definition) is 4. The highest BCUT2D eigenvalue weighted by Crippen LogP contribution is 2.25. The van der Waals surface area contributed by atoms with Crippen molar-refractivity contribution in [1.29, 1.82) is 0 Å². The zero-order chi connectivity index (χ0) is 14.9. The van der Waals surface area contributed by atoms with Crippen LogP contribution in [-0.4, -0.2) is 32.4 Å². The van der Waals surface area contributed by atoms with Gasteiger partial charge in [-0.3, -0.25) is 4.40 Å². The van der Waals surface area contributed by atoms with E-state index in [2.05, 4.69) is 19.3 Å². The van der Waals surface area contributed by atoms with Crippen LogP contribution in [0.3, 0.4) is 0 Å². The van der Waals surface area contributed by atoms with Gasteiger partial charge >= 0.3 is 0 Å². The van der Waals surface area contributed by atoms with E-state index in [-0.39, 0.29) is 0 Å². The highest BCUT2D eigenvalue weighted by molar-refractivity contribution is 5.64. The maximum absolute atomic E-state index is 4.80. The van der Waals surface area contributed by atoms with E-state index in [0.29, 0.717) is 0 Å². The zero-order valence-corrected chi connectivity index (χ0v) is 12.7. The third kappa shape index (κ3) is 2.22. The van der Waals surface area contributed by atoms with Crippen LogP contribution in [0.1, 0.15) is 25.0 Å². The molecule has 5 heteroatoms. The minimum absolute atomic E-state index is 0.836. The average Bonchev–Trinajstić information content (AvgIpc) is 2.91. The molecule has 0 saturated carbocycles. The summed E-state index contributed by atoms with van der Waals surface area (Å²) in [6.45, 7) is 4.14. The molecular formula is C17H19N5. The van der Waals surface area contributed by atoms with Crippen molar-refractivity contribution < 1.29 is 0 Å². The van der Waals surface area contributed by atoms with Crippen LogP contribution >= 0.6 is 0 Å². The topological polar surface area (TPSA) is 46.3 Å². The number of aryl methyl sites for hydroxylation is 1. The molecule has 0 radical (unpaired) electrons.